The monoisotopic (exact) mass is 221 g/mol. The average molecular weight is 221 g/mol. The Morgan fingerprint density at radius 1 is 1.50 bits per heavy atom. The normalized spacial score (nSPS) is 13.8. The molecule has 90 valence electrons. The van der Waals surface area contributed by atoms with E-state index in [0.717, 1.165) is 17.7 Å². The summed E-state index contributed by atoms with van der Waals surface area (Å²) in [6.07, 6.45) is 9.25. The van der Waals surface area contributed by atoms with E-state index in [-0.39, 0.29) is 0 Å². The molecule has 0 aliphatic rings. The van der Waals surface area contributed by atoms with Crippen LogP contribution >= 0.6 is 0 Å². The molecule has 0 atom stereocenters. The lowest BCUT2D eigenvalue weighted by molar-refractivity contribution is 0.814. The van der Waals surface area contributed by atoms with E-state index in [4.69, 9.17) is 5.73 Å². The SMILES string of the molecule is C=CNC(C)=C(/C=C\CCCC)C(N)=NC. The van der Waals surface area contributed by atoms with Crippen molar-refractivity contribution in [3.05, 3.63) is 36.2 Å². The van der Waals surface area contributed by atoms with Crippen LogP contribution in [0.1, 0.15) is 33.1 Å². The Hall–Kier alpha value is -1.51. The second-order valence-electron chi connectivity index (χ2n) is 3.54. The molecule has 0 aliphatic heterocycles. The first-order valence-corrected chi connectivity index (χ1v) is 5.64. The number of amidine groups is 1. The topological polar surface area (TPSA) is 50.4 Å². The zero-order valence-corrected chi connectivity index (χ0v) is 10.6. The van der Waals surface area contributed by atoms with Crippen LogP contribution in [0.4, 0.5) is 0 Å². The first kappa shape index (κ1) is 14.5. The van der Waals surface area contributed by atoms with Crippen LogP contribution < -0.4 is 11.1 Å². The smallest absolute Gasteiger partial charge is 0.127 e. The standard InChI is InChI=1S/C13H23N3/c1-5-7-8-9-10-12(13(14)15-4)11(3)16-6-2/h6,9-10,16H,2,5,7-8H2,1,3-4H3,(H2,14,15)/b10-9-,12-11?. The molecule has 0 fully saturated rings. The maximum Gasteiger partial charge on any atom is 0.127 e. The molecular weight excluding hydrogens is 198 g/mol. The Bertz CT molecular complexity index is 298. The maximum absolute atomic E-state index is 5.83. The minimum atomic E-state index is 0.541. The number of unbranched alkanes of at least 4 members (excludes halogenated alkanes) is 2. The Kier molecular flexibility index (Phi) is 7.94. The minimum absolute atomic E-state index is 0.541. The summed E-state index contributed by atoms with van der Waals surface area (Å²) in [5.74, 6) is 0.541. The molecule has 0 saturated carbocycles. The maximum atomic E-state index is 5.83. The summed E-state index contributed by atoms with van der Waals surface area (Å²) in [6, 6.07) is 0. The summed E-state index contributed by atoms with van der Waals surface area (Å²) >= 11 is 0. The van der Waals surface area contributed by atoms with Gasteiger partial charge in [0, 0.05) is 18.3 Å². The van der Waals surface area contributed by atoms with Crippen LogP contribution in [0.5, 0.6) is 0 Å². The zero-order valence-electron chi connectivity index (χ0n) is 10.6. The van der Waals surface area contributed by atoms with Gasteiger partial charge in [-0.3, -0.25) is 4.99 Å². The average Bonchev–Trinajstić information content (AvgIpc) is 2.28. The van der Waals surface area contributed by atoms with Crippen molar-refractivity contribution >= 4 is 5.84 Å². The van der Waals surface area contributed by atoms with E-state index in [0.29, 0.717) is 5.84 Å². The Labute approximate surface area is 98.8 Å². The van der Waals surface area contributed by atoms with Gasteiger partial charge in [-0.2, -0.15) is 0 Å². The highest BCUT2D eigenvalue weighted by molar-refractivity contribution is 6.00. The zero-order chi connectivity index (χ0) is 12.4. The van der Waals surface area contributed by atoms with Crippen molar-refractivity contribution in [3.8, 4) is 0 Å². The van der Waals surface area contributed by atoms with E-state index in [9.17, 15) is 0 Å². The van der Waals surface area contributed by atoms with Crippen LogP contribution in [0.2, 0.25) is 0 Å². The van der Waals surface area contributed by atoms with Gasteiger partial charge in [0.25, 0.3) is 0 Å². The van der Waals surface area contributed by atoms with Crippen molar-refractivity contribution < 1.29 is 0 Å². The molecule has 0 aromatic carbocycles. The number of hydrogen-bond donors (Lipinski definition) is 2. The van der Waals surface area contributed by atoms with Crippen LogP contribution in [0.15, 0.2) is 41.2 Å². The van der Waals surface area contributed by atoms with E-state index >= 15 is 0 Å². The molecule has 0 aromatic heterocycles. The van der Waals surface area contributed by atoms with Crippen molar-refractivity contribution in [3.63, 3.8) is 0 Å². The number of allylic oxidation sites excluding steroid dienone is 2. The molecule has 3 N–H and O–H groups in total. The van der Waals surface area contributed by atoms with Gasteiger partial charge in [0.05, 0.1) is 0 Å². The molecule has 0 saturated heterocycles. The third-order valence-corrected chi connectivity index (χ3v) is 2.25. The molecule has 0 heterocycles. The predicted octanol–water partition coefficient (Wildman–Crippen LogP) is 2.73. The summed E-state index contributed by atoms with van der Waals surface area (Å²) in [5.41, 5.74) is 7.72. The van der Waals surface area contributed by atoms with E-state index in [1.54, 1.807) is 13.2 Å². The molecule has 0 unspecified atom stereocenters. The highest BCUT2D eigenvalue weighted by Gasteiger charge is 2.01. The molecule has 0 spiro atoms. The summed E-state index contributed by atoms with van der Waals surface area (Å²) < 4.78 is 0. The fourth-order valence-corrected chi connectivity index (χ4v) is 1.28. The van der Waals surface area contributed by atoms with Crippen LogP contribution in [0, 0.1) is 0 Å². The molecule has 0 radical (unpaired) electrons. The van der Waals surface area contributed by atoms with Crippen molar-refractivity contribution in [1.82, 2.24) is 5.32 Å². The quantitative estimate of drug-likeness (QED) is 0.300. The van der Waals surface area contributed by atoms with Gasteiger partial charge in [0.1, 0.15) is 5.84 Å². The lowest BCUT2D eigenvalue weighted by atomic mass is 10.1. The molecule has 0 amide bonds. The Morgan fingerprint density at radius 2 is 2.19 bits per heavy atom. The number of nitrogens with two attached hydrogens (primary N) is 1. The van der Waals surface area contributed by atoms with Crippen molar-refractivity contribution in [2.75, 3.05) is 7.05 Å². The first-order valence-electron chi connectivity index (χ1n) is 5.64. The third-order valence-electron chi connectivity index (χ3n) is 2.25. The van der Waals surface area contributed by atoms with Gasteiger partial charge in [0.2, 0.25) is 0 Å². The van der Waals surface area contributed by atoms with Crippen molar-refractivity contribution in [2.24, 2.45) is 10.7 Å². The fourth-order valence-electron chi connectivity index (χ4n) is 1.28. The lowest BCUT2D eigenvalue weighted by Gasteiger charge is -2.07. The summed E-state index contributed by atoms with van der Waals surface area (Å²) in [4.78, 5) is 4.00. The molecule has 3 nitrogen and oxygen atoms in total. The van der Waals surface area contributed by atoms with E-state index in [2.05, 4.69) is 29.9 Å². The van der Waals surface area contributed by atoms with E-state index in [1.165, 1.54) is 12.8 Å². The van der Waals surface area contributed by atoms with Gasteiger partial charge >= 0.3 is 0 Å². The second kappa shape index (κ2) is 8.77. The molecule has 0 rings (SSSR count). The Morgan fingerprint density at radius 3 is 2.69 bits per heavy atom. The minimum Gasteiger partial charge on any atom is -0.383 e. The Balaban J connectivity index is 4.75. The molecular formula is C13H23N3. The summed E-state index contributed by atoms with van der Waals surface area (Å²) in [7, 11) is 1.69. The number of aliphatic imine (C=N–C) groups is 1. The summed E-state index contributed by atoms with van der Waals surface area (Å²) in [5, 5.41) is 3.03. The lowest BCUT2D eigenvalue weighted by Crippen LogP contribution is -2.18. The summed E-state index contributed by atoms with van der Waals surface area (Å²) in [6.45, 7) is 7.76. The van der Waals surface area contributed by atoms with Gasteiger partial charge in [-0.05, 0) is 19.5 Å². The van der Waals surface area contributed by atoms with Gasteiger partial charge in [-0.15, -0.1) is 0 Å². The van der Waals surface area contributed by atoms with E-state index in [1.807, 2.05) is 13.0 Å². The molecule has 0 aromatic rings. The predicted molar refractivity (Wildman–Crippen MR) is 72.2 cm³/mol. The second-order valence-corrected chi connectivity index (χ2v) is 3.54. The van der Waals surface area contributed by atoms with Crippen LogP contribution in [-0.2, 0) is 0 Å². The van der Waals surface area contributed by atoms with Gasteiger partial charge < -0.3 is 11.1 Å². The first-order chi connectivity index (χ1) is 7.67. The number of nitrogens with one attached hydrogen (secondary N) is 1. The van der Waals surface area contributed by atoms with Gasteiger partial charge in [-0.1, -0.05) is 38.5 Å². The van der Waals surface area contributed by atoms with Crippen LogP contribution in [0.3, 0.4) is 0 Å². The van der Waals surface area contributed by atoms with Gasteiger partial charge in [0.15, 0.2) is 0 Å². The number of nitrogens with zero attached hydrogens (tertiary/aromatic N) is 1. The van der Waals surface area contributed by atoms with Crippen LogP contribution in [-0.4, -0.2) is 12.9 Å². The molecule has 0 bridgehead atoms. The molecule has 16 heavy (non-hydrogen) atoms. The number of rotatable bonds is 7. The highest BCUT2D eigenvalue weighted by atomic mass is 14.9. The molecule has 3 heteroatoms. The van der Waals surface area contributed by atoms with Crippen molar-refractivity contribution in [1.29, 1.82) is 0 Å². The van der Waals surface area contributed by atoms with Gasteiger partial charge in [-0.25, -0.2) is 0 Å². The van der Waals surface area contributed by atoms with E-state index < -0.39 is 0 Å². The van der Waals surface area contributed by atoms with Crippen LogP contribution in [0.25, 0.3) is 0 Å². The largest absolute Gasteiger partial charge is 0.383 e. The third kappa shape index (κ3) is 5.39. The molecule has 0 aliphatic carbocycles. The number of hydrogen-bond acceptors (Lipinski definition) is 2. The van der Waals surface area contributed by atoms with Crippen molar-refractivity contribution in [2.45, 2.75) is 33.1 Å². The fraction of sp³-hybridized carbons (Fsp3) is 0.462. The highest BCUT2D eigenvalue weighted by Crippen LogP contribution is 2.06.